The third kappa shape index (κ3) is 3.83. The molecule has 0 saturated heterocycles. The van der Waals surface area contributed by atoms with Gasteiger partial charge in [-0.1, -0.05) is 12.7 Å². The first-order chi connectivity index (χ1) is 9.19. The number of hydrogen-bond acceptors (Lipinski definition) is 3. The van der Waals surface area contributed by atoms with E-state index in [1.807, 2.05) is 0 Å². The summed E-state index contributed by atoms with van der Waals surface area (Å²) in [6, 6.07) is 7.02. The Bertz CT molecular complexity index is 435. The molecule has 102 valence electrons. The van der Waals surface area contributed by atoms with Crippen molar-refractivity contribution < 1.29 is 14.6 Å². The Labute approximate surface area is 113 Å². The summed E-state index contributed by atoms with van der Waals surface area (Å²) in [7, 11) is 0. The summed E-state index contributed by atoms with van der Waals surface area (Å²) in [5.41, 5.74) is 0.617. The van der Waals surface area contributed by atoms with Crippen molar-refractivity contribution in [3.05, 3.63) is 42.5 Å². The van der Waals surface area contributed by atoms with Gasteiger partial charge < -0.3 is 15.2 Å². The van der Waals surface area contributed by atoms with Crippen LogP contribution in [0.25, 0.3) is 0 Å². The monoisotopic (exact) mass is 261 g/mol. The van der Waals surface area contributed by atoms with E-state index in [9.17, 15) is 4.79 Å². The van der Waals surface area contributed by atoms with E-state index >= 15 is 0 Å². The van der Waals surface area contributed by atoms with Gasteiger partial charge in [-0.05, 0) is 43.0 Å². The minimum atomic E-state index is -0.178. The van der Waals surface area contributed by atoms with Gasteiger partial charge in [-0.25, -0.2) is 0 Å². The van der Waals surface area contributed by atoms with Crippen LogP contribution in [0.2, 0.25) is 0 Å². The minimum absolute atomic E-state index is 0.0864. The van der Waals surface area contributed by atoms with E-state index in [0.29, 0.717) is 24.6 Å². The van der Waals surface area contributed by atoms with Crippen molar-refractivity contribution in [2.24, 2.45) is 5.92 Å². The molecule has 0 atom stereocenters. The van der Waals surface area contributed by atoms with Gasteiger partial charge in [-0.15, -0.1) is 0 Å². The maximum atomic E-state index is 11.9. The molecule has 0 aliphatic heterocycles. The Morgan fingerprint density at radius 1 is 1.42 bits per heavy atom. The number of nitrogens with one attached hydrogen (secondary N) is 1. The molecule has 0 aromatic heterocycles. The number of carbonyl (C=O) groups excluding carboxylic acids is 1. The SMILES string of the molecule is C=CCOc1ccc(C(=O)NCC2CC(O)C2)cc1. The molecule has 1 aromatic carbocycles. The zero-order chi connectivity index (χ0) is 13.7. The number of aliphatic hydroxyl groups is 1. The Morgan fingerprint density at radius 2 is 2.11 bits per heavy atom. The van der Waals surface area contributed by atoms with Gasteiger partial charge in [0, 0.05) is 12.1 Å². The lowest BCUT2D eigenvalue weighted by atomic mass is 9.82. The predicted octanol–water partition coefficient (Wildman–Crippen LogP) is 1.75. The largest absolute Gasteiger partial charge is 0.490 e. The molecule has 0 spiro atoms. The number of benzene rings is 1. The van der Waals surface area contributed by atoms with Gasteiger partial charge >= 0.3 is 0 Å². The van der Waals surface area contributed by atoms with Gasteiger partial charge in [0.25, 0.3) is 5.91 Å². The van der Waals surface area contributed by atoms with Crippen LogP contribution >= 0.6 is 0 Å². The molecular formula is C15H19NO3. The Hall–Kier alpha value is -1.81. The van der Waals surface area contributed by atoms with Crippen LogP contribution in [0, 0.1) is 5.92 Å². The molecule has 4 nitrogen and oxygen atoms in total. The molecule has 0 bridgehead atoms. The molecule has 1 aliphatic carbocycles. The predicted molar refractivity (Wildman–Crippen MR) is 73.2 cm³/mol. The summed E-state index contributed by atoms with van der Waals surface area (Å²) in [6.07, 6.45) is 3.07. The van der Waals surface area contributed by atoms with Gasteiger partial charge in [0.05, 0.1) is 6.10 Å². The third-order valence-corrected chi connectivity index (χ3v) is 3.25. The lowest BCUT2D eigenvalue weighted by Gasteiger charge is -2.31. The zero-order valence-corrected chi connectivity index (χ0v) is 10.8. The molecule has 2 N–H and O–H groups in total. The fourth-order valence-electron chi connectivity index (χ4n) is 2.06. The summed E-state index contributed by atoms with van der Waals surface area (Å²) in [5.74, 6) is 1.05. The maximum Gasteiger partial charge on any atom is 0.251 e. The van der Waals surface area contributed by atoms with Crippen LogP contribution in [0.1, 0.15) is 23.2 Å². The van der Waals surface area contributed by atoms with Crippen molar-refractivity contribution in [1.29, 1.82) is 0 Å². The fourth-order valence-corrected chi connectivity index (χ4v) is 2.06. The second kappa shape index (κ2) is 6.38. The number of hydrogen-bond donors (Lipinski definition) is 2. The van der Waals surface area contributed by atoms with Crippen molar-refractivity contribution in [2.45, 2.75) is 18.9 Å². The molecular weight excluding hydrogens is 242 g/mol. The summed E-state index contributed by atoms with van der Waals surface area (Å²) >= 11 is 0. The maximum absolute atomic E-state index is 11.9. The van der Waals surface area contributed by atoms with E-state index in [1.165, 1.54) is 0 Å². The highest BCUT2D eigenvalue weighted by molar-refractivity contribution is 5.94. The molecule has 0 unspecified atom stereocenters. The lowest BCUT2D eigenvalue weighted by Crippen LogP contribution is -2.38. The minimum Gasteiger partial charge on any atom is -0.490 e. The van der Waals surface area contributed by atoms with Crippen LogP contribution in [0.3, 0.4) is 0 Å². The first kappa shape index (κ1) is 13.6. The van der Waals surface area contributed by atoms with Crippen LogP contribution in [0.15, 0.2) is 36.9 Å². The molecule has 19 heavy (non-hydrogen) atoms. The number of aliphatic hydroxyl groups excluding tert-OH is 1. The average Bonchev–Trinajstić information content (AvgIpc) is 2.40. The van der Waals surface area contributed by atoms with Crippen molar-refractivity contribution in [2.75, 3.05) is 13.2 Å². The summed E-state index contributed by atoms with van der Waals surface area (Å²) in [6.45, 7) is 4.66. The highest BCUT2D eigenvalue weighted by atomic mass is 16.5. The Kier molecular flexibility index (Phi) is 4.58. The second-order valence-electron chi connectivity index (χ2n) is 4.83. The first-order valence-corrected chi connectivity index (χ1v) is 6.49. The molecule has 0 radical (unpaired) electrons. The zero-order valence-electron chi connectivity index (χ0n) is 10.8. The highest BCUT2D eigenvalue weighted by Gasteiger charge is 2.27. The van der Waals surface area contributed by atoms with Crippen molar-refractivity contribution in [3.8, 4) is 5.75 Å². The molecule has 1 aliphatic rings. The molecule has 4 heteroatoms. The second-order valence-corrected chi connectivity index (χ2v) is 4.83. The number of amides is 1. The molecule has 1 aromatic rings. The smallest absolute Gasteiger partial charge is 0.251 e. The Balaban J connectivity index is 1.80. The van der Waals surface area contributed by atoms with E-state index in [1.54, 1.807) is 30.3 Å². The topological polar surface area (TPSA) is 58.6 Å². The molecule has 1 fully saturated rings. The number of carbonyl (C=O) groups is 1. The number of rotatable bonds is 6. The van der Waals surface area contributed by atoms with Crippen LogP contribution < -0.4 is 10.1 Å². The normalized spacial score (nSPS) is 21.3. The van der Waals surface area contributed by atoms with Gasteiger partial charge in [-0.2, -0.15) is 0 Å². The third-order valence-electron chi connectivity index (χ3n) is 3.25. The van der Waals surface area contributed by atoms with Crippen molar-refractivity contribution >= 4 is 5.91 Å². The van der Waals surface area contributed by atoms with E-state index < -0.39 is 0 Å². The van der Waals surface area contributed by atoms with E-state index in [-0.39, 0.29) is 12.0 Å². The molecule has 1 saturated carbocycles. The van der Waals surface area contributed by atoms with E-state index in [0.717, 1.165) is 18.6 Å². The van der Waals surface area contributed by atoms with Crippen molar-refractivity contribution in [3.63, 3.8) is 0 Å². The van der Waals surface area contributed by atoms with Gasteiger partial charge in [0.1, 0.15) is 12.4 Å². The molecule has 1 amide bonds. The summed E-state index contributed by atoms with van der Waals surface area (Å²) in [4.78, 5) is 11.9. The number of ether oxygens (including phenoxy) is 1. The van der Waals surface area contributed by atoms with Crippen LogP contribution in [0.5, 0.6) is 5.75 Å². The van der Waals surface area contributed by atoms with Gasteiger partial charge in [-0.3, -0.25) is 4.79 Å². The highest BCUT2D eigenvalue weighted by Crippen LogP contribution is 2.26. The Morgan fingerprint density at radius 3 is 2.68 bits per heavy atom. The standard InChI is InChI=1S/C15H19NO3/c1-2-7-19-14-5-3-12(4-6-14)15(18)16-10-11-8-13(17)9-11/h2-6,11,13,17H,1,7-10H2,(H,16,18). The average molecular weight is 261 g/mol. The fraction of sp³-hybridized carbons (Fsp3) is 0.400. The lowest BCUT2D eigenvalue weighted by molar-refractivity contribution is 0.0420. The summed E-state index contributed by atoms with van der Waals surface area (Å²) < 4.78 is 5.35. The van der Waals surface area contributed by atoms with E-state index in [2.05, 4.69) is 11.9 Å². The van der Waals surface area contributed by atoms with Crippen molar-refractivity contribution in [1.82, 2.24) is 5.32 Å². The van der Waals surface area contributed by atoms with Crippen LogP contribution in [0.4, 0.5) is 0 Å². The quantitative estimate of drug-likeness (QED) is 0.767. The van der Waals surface area contributed by atoms with Gasteiger partial charge in [0.2, 0.25) is 0 Å². The molecule has 2 rings (SSSR count). The summed E-state index contributed by atoms with van der Waals surface area (Å²) in [5, 5.41) is 12.0. The van der Waals surface area contributed by atoms with Crippen LogP contribution in [-0.4, -0.2) is 30.3 Å². The van der Waals surface area contributed by atoms with Gasteiger partial charge in [0.15, 0.2) is 0 Å². The first-order valence-electron chi connectivity index (χ1n) is 6.49. The molecule has 0 heterocycles. The van der Waals surface area contributed by atoms with E-state index in [4.69, 9.17) is 9.84 Å². The van der Waals surface area contributed by atoms with Crippen LogP contribution in [-0.2, 0) is 0 Å².